The highest BCUT2D eigenvalue weighted by molar-refractivity contribution is 7.92. The molecule has 0 radical (unpaired) electrons. The van der Waals surface area contributed by atoms with E-state index >= 15 is 0 Å². The molecule has 0 aliphatic heterocycles. The maximum absolute atomic E-state index is 12.3. The molecule has 0 aliphatic rings. The first kappa shape index (κ1) is 15.1. The highest BCUT2D eigenvalue weighted by atomic mass is 32.2. The average molecular weight is 305 g/mol. The molecule has 0 aromatic heterocycles. The van der Waals surface area contributed by atoms with Gasteiger partial charge in [-0.1, -0.05) is 0 Å². The van der Waals surface area contributed by atoms with Crippen molar-refractivity contribution in [1.29, 1.82) is 0 Å². The molecule has 0 amide bonds. The average Bonchev–Trinajstić information content (AvgIpc) is 2.46. The van der Waals surface area contributed by atoms with Crippen LogP contribution in [0.3, 0.4) is 0 Å². The number of nitrogens with one attached hydrogen (secondary N) is 1. The minimum Gasteiger partial charge on any atom is -0.497 e. The molecule has 0 saturated heterocycles. The van der Waals surface area contributed by atoms with E-state index in [-0.39, 0.29) is 5.78 Å². The van der Waals surface area contributed by atoms with Gasteiger partial charge in [-0.15, -0.1) is 0 Å². The van der Waals surface area contributed by atoms with E-state index in [0.29, 0.717) is 22.6 Å². The number of methoxy groups -OCH3 is 1. The second kappa shape index (κ2) is 5.97. The number of benzene rings is 2. The molecule has 6 heteroatoms. The van der Waals surface area contributed by atoms with Crippen LogP contribution >= 0.6 is 0 Å². The molecule has 5 nitrogen and oxygen atoms in total. The molecule has 110 valence electrons. The Morgan fingerprint density at radius 1 is 0.952 bits per heavy atom. The van der Waals surface area contributed by atoms with Crippen molar-refractivity contribution in [3.63, 3.8) is 0 Å². The van der Waals surface area contributed by atoms with E-state index in [1.54, 1.807) is 55.6 Å². The second-order valence-electron chi connectivity index (χ2n) is 4.51. The third-order valence-electron chi connectivity index (χ3n) is 2.80. The molecule has 0 aliphatic carbocycles. The van der Waals surface area contributed by atoms with Gasteiger partial charge in [-0.05, 0) is 48.5 Å². The maximum atomic E-state index is 12.3. The van der Waals surface area contributed by atoms with Gasteiger partial charge >= 0.3 is 0 Å². The Hall–Kier alpha value is -2.34. The lowest BCUT2D eigenvalue weighted by atomic mass is 10.0. The number of ether oxygens (including phenoxy) is 1. The molecule has 2 aromatic rings. The summed E-state index contributed by atoms with van der Waals surface area (Å²) in [5.74, 6) is 0.544. The number of anilines is 1. The summed E-state index contributed by atoms with van der Waals surface area (Å²) in [6.45, 7) is 0. The van der Waals surface area contributed by atoms with Gasteiger partial charge in [0, 0.05) is 16.8 Å². The van der Waals surface area contributed by atoms with Gasteiger partial charge in [0.25, 0.3) is 0 Å². The predicted octanol–water partition coefficient (Wildman–Crippen LogP) is 2.30. The first-order chi connectivity index (χ1) is 9.89. The standard InChI is InChI=1S/C15H15NO4S/c1-20-14-9-5-12(6-10-14)15(17)11-3-7-13(8-4-11)16-21(2,18)19/h3-10,16H,1-2H3. The first-order valence-corrected chi connectivity index (χ1v) is 8.05. The third-order valence-corrected chi connectivity index (χ3v) is 3.41. The van der Waals surface area contributed by atoms with Gasteiger partial charge in [0.2, 0.25) is 10.0 Å². The van der Waals surface area contributed by atoms with Crippen molar-refractivity contribution in [2.75, 3.05) is 18.1 Å². The number of sulfonamides is 1. The fourth-order valence-electron chi connectivity index (χ4n) is 1.81. The van der Waals surface area contributed by atoms with Crippen molar-refractivity contribution in [3.05, 3.63) is 59.7 Å². The highest BCUT2D eigenvalue weighted by Gasteiger charge is 2.09. The van der Waals surface area contributed by atoms with Crippen LogP contribution in [0.4, 0.5) is 5.69 Å². The van der Waals surface area contributed by atoms with Crippen molar-refractivity contribution < 1.29 is 17.9 Å². The topological polar surface area (TPSA) is 72.5 Å². The maximum Gasteiger partial charge on any atom is 0.229 e. The number of hydrogen-bond acceptors (Lipinski definition) is 4. The van der Waals surface area contributed by atoms with E-state index < -0.39 is 10.0 Å². The number of ketones is 1. The van der Waals surface area contributed by atoms with Crippen LogP contribution in [-0.4, -0.2) is 27.6 Å². The highest BCUT2D eigenvalue weighted by Crippen LogP contribution is 2.17. The van der Waals surface area contributed by atoms with E-state index in [2.05, 4.69) is 4.72 Å². The molecule has 0 fully saturated rings. The van der Waals surface area contributed by atoms with Gasteiger partial charge in [0.1, 0.15) is 5.75 Å². The molecule has 1 N–H and O–H groups in total. The van der Waals surface area contributed by atoms with Crippen LogP contribution < -0.4 is 9.46 Å². The van der Waals surface area contributed by atoms with Gasteiger partial charge in [0.15, 0.2) is 5.78 Å². The van der Waals surface area contributed by atoms with Gasteiger partial charge in [-0.25, -0.2) is 8.42 Å². The Labute approximate surface area is 123 Å². The summed E-state index contributed by atoms with van der Waals surface area (Å²) in [5.41, 5.74) is 1.45. The van der Waals surface area contributed by atoms with E-state index in [1.807, 2.05) is 0 Å². The number of hydrogen-bond donors (Lipinski definition) is 1. The Morgan fingerprint density at radius 3 is 1.86 bits per heavy atom. The van der Waals surface area contributed by atoms with Crippen LogP contribution in [0.2, 0.25) is 0 Å². The summed E-state index contributed by atoms with van der Waals surface area (Å²) in [4.78, 5) is 12.3. The van der Waals surface area contributed by atoms with Crippen LogP contribution in [-0.2, 0) is 10.0 Å². The number of carbonyl (C=O) groups is 1. The summed E-state index contributed by atoms with van der Waals surface area (Å²) in [7, 11) is -1.76. The quantitative estimate of drug-likeness (QED) is 0.860. The molecule has 0 unspecified atom stereocenters. The Kier molecular flexibility index (Phi) is 4.28. The number of rotatable bonds is 5. The van der Waals surface area contributed by atoms with Crippen molar-refractivity contribution in [2.24, 2.45) is 0 Å². The Balaban J connectivity index is 2.19. The summed E-state index contributed by atoms with van der Waals surface area (Å²) in [5, 5.41) is 0. The monoisotopic (exact) mass is 305 g/mol. The molecule has 21 heavy (non-hydrogen) atoms. The lowest BCUT2D eigenvalue weighted by Crippen LogP contribution is -2.09. The fraction of sp³-hybridized carbons (Fsp3) is 0.133. The van der Waals surface area contributed by atoms with Gasteiger partial charge in [0.05, 0.1) is 13.4 Å². The summed E-state index contributed by atoms with van der Waals surface area (Å²) in [6.07, 6.45) is 1.07. The molecule has 0 spiro atoms. The fourth-order valence-corrected chi connectivity index (χ4v) is 2.38. The smallest absolute Gasteiger partial charge is 0.229 e. The predicted molar refractivity (Wildman–Crippen MR) is 81.3 cm³/mol. The van der Waals surface area contributed by atoms with Crippen LogP contribution in [0.1, 0.15) is 15.9 Å². The lowest BCUT2D eigenvalue weighted by molar-refractivity contribution is 0.103. The molecular weight excluding hydrogens is 290 g/mol. The van der Waals surface area contributed by atoms with Crippen LogP contribution in [0.25, 0.3) is 0 Å². The lowest BCUT2D eigenvalue weighted by Gasteiger charge is -2.06. The van der Waals surface area contributed by atoms with Gasteiger partial charge in [-0.2, -0.15) is 0 Å². The van der Waals surface area contributed by atoms with Crippen molar-refractivity contribution in [3.8, 4) is 5.75 Å². The van der Waals surface area contributed by atoms with Crippen LogP contribution in [0.15, 0.2) is 48.5 Å². The second-order valence-corrected chi connectivity index (χ2v) is 6.26. The molecule has 0 heterocycles. The van der Waals surface area contributed by atoms with E-state index in [1.165, 1.54) is 0 Å². The largest absolute Gasteiger partial charge is 0.497 e. The van der Waals surface area contributed by atoms with E-state index in [9.17, 15) is 13.2 Å². The normalized spacial score (nSPS) is 11.0. The molecule has 0 atom stereocenters. The van der Waals surface area contributed by atoms with Crippen molar-refractivity contribution in [2.45, 2.75) is 0 Å². The third kappa shape index (κ3) is 4.06. The first-order valence-electron chi connectivity index (χ1n) is 6.15. The zero-order valence-corrected chi connectivity index (χ0v) is 12.5. The zero-order chi connectivity index (χ0) is 15.5. The van der Waals surface area contributed by atoms with E-state index in [4.69, 9.17) is 4.74 Å². The Morgan fingerprint density at radius 2 is 1.43 bits per heavy atom. The van der Waals surface area contributed by atoms with Crippen molar-refractivity contribution in [1.82, 2.24) is 0 Å². The van der Waals surface area contributed by atoms with Crippen LogP contribution in [0.5, 0.6) is 5.75 Å². The zero-order valence-electron chi connectivity index (χ0n) is 11.7. The summed E-state index contributed by atoms with van der Waals surface area (Å²) < 4.78 is 29.6. The molecule has 2 rings (SSSR count). The van der Waals surface area contributed by atoms with Crippen LogP contribution in [0, 0.1) is 0 Å². The van der Waals surface area contributed by atoms with Gasteiger partial charge in [-0.3, -0.25) is 9.52 Å². The molecule has 0 bridgehead atoms. The molecule has 2 aromatic carbocycles. The molecule has 0 saturated carbocycles. The number of carbonyl (C=O) groups excluding carboxylic acids is 1. The van der Waals surface area contributed by atoms with Gasteiger partial charge < -0.3 is 4.74 Å². The van der Waals surface area contributed by atoms with E-state index in [0.717, 1.165) is 6.26 Å². The SMILES string of the molecule is COc1ccc(C(=O)c2ccc(NS(C)(=O)=O)cc2)cc1. The minimum atomic E-state index is -3.32. The summed E-state index contributed by atoms with van der Waals surface area (Å²) in [6, 6.07) is 13.1. The van der Waals surface area contributed by atoms with Crippen molar-refractivity contribution >= 4 is 21.5 Å². The minimum absolute atomic E-state index is 0.136. The summed E-state index contributed by atoms with van der Waals surface area (Å²) >= 11 is 0. The molecular formula is C15H15NO4S. The Bertz CT molecular complexity index is 734.